The zero-order valence-corrected chi connectivity index (χ0v) is 21.9. The predicted molar refractivity (Wildman–Crippen MR) is 133 cm³/mol. The van der Waals surface area contributed by atoms with Crippen molar-refractivity contribution in [2.45, 2.75) is 45.3 Å². The van der Waals surface area contributed by atoms with E-state index in [1.807, 2.05) is 31.2 Å². The number of carbonyl (C=O) groups excluding carboxylic acids is 1. The van der Waals surface area contributed by atoms with Crippen LogP contribution in [-0.4, -0.2) is 57.9 Å². The molecule has 3 aromatic rings. The maximum absolute atomic E-state index is 14.7. The number of halogens is 5. The molecule has 1 aliphatic rings. The van der Waals surface area contributed by atoms with Crippen LogP contribution >= 0.6 is 11.3 Å². The highest BCUT2D eigenvalue weighted by Gasteiger charge is 2.47. The van der Waals surface area contributed by atoms with Gasteiger partial charge in [0, 0.05) is 19.2 Å². The summed E-state index contributed by atoms with van der Waals surface area (Å²) >= 11 is 1.31. The van der Waals surface area contributed by atoms with Crippen LogP contribution in [0.25, 0.3) is 10.4 Å². The number of piperidine rings is 1. The number of ether oxygens (including phenoxy) is 1. The molecule has 38 heavy (non-hydrogen) atoms. The number of benzene rings is 1. The monoisotopic (exact) mass is 555 g/mol. The van der Waals surface area contributed by atoms with Crippen LogP contribution < -0.4 is 10.1 Å². The van der Waals surface area contributed by atoms with Crippen LogP contribution in [0.5, 0.6) is 5.88 Å². The van der Waals surface area contributed by atoms with Crippen LogP contribution in [0.3, 0.4) is 0 Å². The molecule has 13 heteroatoms. The van der Waals surface area contributed by atoms with E-state index >= 15 is 0 Å². The first kappa shape index (κ1) is 27.7. The molecule has 1 amide bonds. The lowest BCUT2D eigenvalue weighted by Crippen LogP contribution is -2.57. The van der Waals surface area contributed by atoms with Gasteiger partial charge in [-0.15, -0.1) is 11.3 Å². The quantitative estimate of drug-likeness (QED) is 0.385. The minimum atomic E-state index is -4.71. The van der Waals surface area contributed by atoms with E-state index in [0.29, 0.717) is 16.1 Å². The number of hydrogen-bond acceptors (Lipinski definition) is 7. The summed E-state index contributed by atoms with van der Waals surface area (Å²) in [4.78, 5) is 27.3. The molecule has 1 aromatic carbocycles. The van der Waals surface area contributed by atoms with E-state index < -0.39 is 54.4 Å². The van der Waals surface area contributed by atoms with Crippen molar-refractivity contribution in [3.63, 3.8) is 0 Å². The molecule has 0 bridgehead atoms. The number of anilines is 1. The van der Waals surface area contributed by atoms with Crippen molar-refractivity contribution in [3.05, 3.63) is 52.3 Å². The van der Waals surface area contributed by atoms with Crippen molar-refractivity contribution in [2.24, 2.45) is 5.92 Å². The highest BCUT2D eigenvalue weighted by Crippen LogP contribution is 2.39. The average molecular weight is 556 g/mol. The molecule has 1 saturated heterocycles. The third-order valence-electron chi connectivity index (χ3n) is 6.39. The van der Waals surface area contributed by atoms with E-state index in [1.54, 1.807) is 13.8 Å². The number of aryl methyl sites for hydroxylation is 2. The average Bonchev–Trinajstić information content (AvgIpc) is 3.22. The molecule has 204 valence electrons. The largest absolute Gasteiger partial charge is 0.480 e. The second kappa shape index (κ2) is 10.4. The molecular weight excluding hydrogens is 529 g/mol. The molecule has 0 spiro atoms. The third-order valence-corrected chi connectivity index (χ3v) is 7.39. The van der Waals surface area contributed by atoms with Crippen LogP contribution in [0.15, 0.2) is 30.5 Å². The Hall–Kier alpha value is -3.35. The number of aromatic nitrogens is 3. The Bertz CT molecular complexity index is 1330. The molecule has 7 nitrogen and oxygen atoms in total. The van der Waals surface area contributed by atoms with Gasteiger partial charge in [0.1, 0.15) is 11.3 Å². The summed E-state index contributed by atoms with van der Waals surface area (Å²) in [5.74, 6) is -5.26. The van der Waals surface area contributed by atoms with Crippen LogP contribution in [-0.2, 0) is 6.18 Å². The summed E-state index contributed by atoms with van der Waals surface area (Å²) in [6, 6.07) is 6.70. The lowest BCUT2D eigenvalue weighted by atomic mass is 9.88. The molecule has 4 rings (SSSR count). The van der Waals surface area contributed by atoms with E-state index in [1.165, 1.54) is 11.3 Å². The van der Waals surface area contributed by atoms with E-state index in [-0.39, 0.29) is 18.2 Å². The zero-order chi connectivity index (χ0) is 27.8. The van der Waals surface area contributed by atoms with Crippen molar-refractivity contribution in [1.29, 1.82) is 0 Å². The van der Waals surface area contributed by atoms with Gasteiger partial charge in [-0.3, -0.25) is 4.79 Å². The first-order valence-electron chi connectivity index (χ1n) is 11.7. The van der Waals surface area contributed by atoms with Gasteiger partial charge in [0.05, 0.1) is 29.6 Å². The van der Waals surface area contributed by atoms with Crippen LogP contribution in [0.2, 0.25) is 0 Å². The number of amides is 1. The molecule has 1 aliphatic heterocycles. The predicted octanol–water partition coefficient (Wildman–Crippen LogP) is 5.84. The summed E-state index contributed by atoms with van der Waals surface area (Å²) in [7, 11) is 1.05. The molecule has 0 unspecified atom stereocenters. The number of hydrogen-bond donors (Lipinski definition) is 1. The number of nitrogens with one attached hydrogen (secondary N) is 1. The van der Waals surface area contributed by atoms with Gasteiger partial charge in [-0.1, -0.05) is 31.2 Å². The normalized spacial score (nSPS) is 19.3. The van der Waals surface area contributed by atoms with Gasteiger partial charge in [0.25, 0.3) is 11.8 Å². The Labute approximate surface area is 220 Å². The van der Waals surface area contributed by atoms with Crippen molar-refractivity contribution in [1.82, 2.24) is 19.9 Å². The Balaban J connectivity index is 1.64. The van der Waals surface area contributed by atoms with Gasteiger partial charge < -0.3 is 15.0 Å². The molecule has 0 aliphatic carbocycles. The number of nitrogens with zero attached hydrogens (tertiary/aromatic N) is 4. The molecule has 0 saturated carbocycles. The van der Waals surface area contributed by atoms with E-state index in [0.717, 1.165) is 23.1 Å². The second-order valence-electron chi connectivity index (χ2n) is 9.26. The fourth-order valence-corrected chi connectivity index (χ4v) is 5.60. The summed E-state index contributed by atoms with van der Waals surface area (Å²) in [5, 5.41) is 3.41. The van der Waals surface area contributed by atoms with Crippen LogP contribution in [0.1, 0.15) is 40.0 Å². The van der Waals surface area contributed by atoms with Crippen molar-refractivity contribution < 1.29 is 31.5 Å². The number of rotatable bonds is 6. The summed E-state index contributed by atoms with van der Waals surface area (Å²) in [6.45, 7) is 4.35. The standard InChI is InChI=1S/C25H26F5N5O2S/c1-13-7-5-6-8-16(13)20-19(33-15(3)38-20)22(36)35-12-24(26,27)9-14(2)18(35)11-32-23-31-10-17(25(28,29)30)21(34-23)37-4/h5-8,10,14,18H,9,11-12H2,1-4H3,(H,31,32,34)/t14-,18-/m1/s1. The molecular formula is C25H26F5N5O2S. The maximum atomic E-state index is 14.7. The summed E-state index contributed by atoms with van der Waals surface area (Å²) in [5.41, 5.74) is 0.646. The lowest BCUT2D eigenvalue weighted by molar-refractivity contribution is -0.139. The summed E-state index contributed by atoms with van der Waals surface area (Å²) in [6.07, 6.45) is -4.58. The Morgan fingerprint density at radius 2 is 1.95 bits per heavy atom. The lowest BCUT2D eigenvalue weighted by Gasteiger charge is -2.43. The van der Waals surface area contributed by atoms with Crippen molar-refractivity contribution in [2.75, 3.05) is 25.5 Å². The first-order chi connectivity index (χ1) is 17.8. The summed E-state index contributed by atoms with van der Waals surface area (Å²) < 4.78 is 73.6. The first-order valence-corrected chi connectivity index (χ1v) is 12.6. The molecule has 2 atom stereocenters. The number of carbonyl (C=O) groups is 1. The van der Waals surface area contributed by atoms with Gasteiger partial charge in [-0.2, -0.15) is 18.2 Å². The van der Waals surface area contributed by atoms with Gasteiger partial charge in [0.2, 0.25) is 11.8 Å². The topological polar surface area (TPSA) is 80.2 Å². The van der Waals surface area contributed by atoms with Gasteiger partial charge in [0.15, 0.2) is 0 Å². The Morgan fingerprint density at radius 3 is 2.61 bits per heavy atom. The molecule has 1 N–H and O–H groups in total. The van der Waals surface area contributed by atoms with Crippen LogP contribution in [0, 0.1) is 19.8 Å². The smallest absolute Gasteiger partial charge is 0.423 e. The highest BCUT2D eigenvalue weighted by atomic mass is 32.1. The third kappa shape index (κ3) is 5.71. The Morgan fingerprint density at radius 1 is 1.24 bits per heavy atom. The number of methoxy groups -OCH3 is 1. The SMILES string of the molecule is COc1nc(NC[C@@H]2[C@H](C)CC(F)(F)CN2C(=O)c2nc(C)sc2-c2ccccc2C)ncc1C(F)(F)F. The van der Waals surface area contributed by atoms with Crippen molar-refractivity contribution in [3.8, 4) is 16.3 Å². The molecule has 1 fully saturated rings. The van der Waals surface area contributed by atoms with Gasteiger partial charge in [-0.25, -0.2) is 18.7 Å². The molecule has 3 heterocycles. The molecule has 0 radical (unpaired) electrons. The maximum Gasteiger partial charge on any atom is 0.423 e. The number of likely N-dealkylation sites (tertiary alicyclic amines) is 1. The number of thiazole rings is 1. The Kier molecular flexibility index (Phi) is 7.60. The van der Waals surface area contributed by atoms with E-state index in [9.17, 15) is 26.7 Å². The fourth-order valence-electron chi connectivity index (χ4n) is 4.59. The fraction of sp³-hybridized carbons (Fsp3) is 0.440. The van der Waals surface area contributed by atoms with Crippen LogP contribution in [0.4, 0.5) is 27.9 Å². The van der Waals surface area contributed by atoms with Crippen molar-refractivity contribution >= 4 is 23.2 Å². The number of alkyl halides is 5. The highest BCUT2D eigenvalue weighted by molar-refractivity contribution is 7.15. The minimum Gasteiger partial charge on any atom is -0.480 e. The zero-order valence-electron chi connectivity index (χ0n) is 21.1. The molecule has 2 aromatic heterocycles. The minimum absolute atomic E-state index is 0.0691. The van der Waals surface area contributed by atoms with Gasteiger partial charge in [-0.05, 0) is 30.9 Å². The van der Waals surface area contributed by atoms with Gasteiger partial charge >= 0.3 is 6.18 Å². The van der Waals surface area contributed by atoms with E-state index in [2.05, 4.69) is 20.3 Å². The van der Waals surface area contributed by atoms with E-state index in [4.69, 9.17) is 4.74 Å². The second-order valence-corrected chi connectivity index (χ2v) is 10.5.